The smallest absolute Gasteiger partial charge is 0.282 e. The second-order valence-corrected chi connectivity index (χ2v) is 9.15. The van der Waals surface area contributed by atoms with Gasteiger partial charge in [-0.3, -0.25) is 0 Å². The third kappa shape index (κ3) is 2.21. The van der Waals surface area contributed by atoms with Gasteiger partial charge in [-0.15, -0.1) is 0 Å². The molecule has 0 amide bonds. The van der Waals surface area contributed by atoms with E-state index in [4.69, 9.17) is 0 Å². The zero-order valence-corrected chi connectivity index (χ0v) is 13.6. The van der Waals surface area contributed by atoms with E-state index in [1.54, 1.807) is 8.61 Å². The topological polar surface area (TPSA) is 52.7 Å². The number of hydrogen-bond acceptors (Lipinski definition) is 3. The molecular weight excluding hydrogens is 274 g/mol. The molecule has 0 aromatic rings. The maximum atomic E-state index is 13.0. The summed E-state index contributed by atoms with van der Waals surface area (Å²) in [5.74, 6) is 1.57. The molecule has 0 bridgehead atoms. The van der Waals surface area contributed by atoms with Crippen LogP contribution in [-0.2, 0) is 10.2 Å². The third-order valence-electron chi connectivity index (χ3n) is 5.64. The Morgan fingerprint density at radius 2 is 1.80 bits per heavy atom. The number of piperidine rings is 1. The Morgan fingerprint density at radius 1 is 1.15 bits per heavy atom. The second kappa shape index (κ2) is 4.93. The molecule has 3 aliphatic heterocycles. The van der Waals surface area contributed by atoms with Crippen LogP contribution in [0.2, 0.25) is 0 Å². The molecule has 3 fully saturated rings. The van der Waals surface area contributed by atoms with Crippen LogP contribution in [0, 0.1) is 17.8 Å². The van der Waals surface area contributed by atoms with Crippen LogP contribution >= 0.6 is 0 Å². The summed E-state index contributed by atoms with van der Waals surface area (Å²) >= 11 is 0. The van der Waals surface area contributed by atoms with Crippen molar-refractivity contribution in [3.63, 3.8) is 0 Å². The Bertz CT molecular complexity index is 469. The lowest BCUT2D eigenvalue weighted by atomic mass is 9.85. The fraction of sp³-hybridized carbons (Fsp3) is 1.00. The maximum absolute atomic E-state index is 13.0. The molecule has 0 aromatic carbocycles. The van der Waals surface area contributed by atoms with Crippen LogP contribution in [0.5, 0.6) is 0 Å². The highest BCUT2D eigenvalue weighted by Gasteiger charge is 2.55. The molecule has 3 aliphatic rings. The minimum atomic E-state index is -3.30. The third-order valence-corrected chi connectivity index (χ3v) is 7.83. The van der Waals surface area contributed by atoms with Crippen LogP contribution < -0.4 is 5.32 Å². The molecule has 0 aromatic heterocycles. The first kappa shape index (κ1) is 14.8. The summed E-state index contributed by atoms with van der Waals surface area (Å²) in [5, 5.41) is 3.40. The largest absolute Gasteiger partial charge is 0.316 e. The molecule has 116 valence electrons. The highest BCUT2D eigenvalue weighted by molar-refractivity contribution is 7.86. The summed E-state index contributed by atoms with van der Waals surface area (Å²) < 4.78 is 29.4. The molecule has 5 nitrogen and oxygen atoms in total. The standard InChI is InChI=1S/C14H27N3O2S/c1-11-4-6-16(7-5-11)20(18,19)17-10-12-8-15-9-13(12)14(17,2)3/h11-13,15H,4-10H2,1-3H3. The van der Waals surface area contributed by atoms with E-state index < -0.39 is 10.2 Å². The van der Waals surface area contributed by atoms with Crippen LogP contribution in [0.3, 0.4) is 0 Å². The van der Waals surface area contributed by atoms with Gasteiger partial charge in [-0.1, -0.05) is 6.92 Å². The Hall–Kier alpha value is -0.170. The molecule has 20 heavy (non-hydrogen) atoms. The fourth-order valence-electron chi connectivity index (χ4n) is 4.13. The first-order valence-electron chi connectivity index (χ1n) is 7.82. The van der Waals surface area contributed by atoms with Gasteiger partial charge in [0.2, 0.25) is 0 Å². The van der Waals surface area contributed by atoms with Crippen LogP contribution in [0.15, 0.2) is 0 Å². The Balaban J connectivity index is 1.81. The average molecular weight is 301 g/mol. The summed E-state index contributed by atoms with van der Waals surface area (Å²) in [7, 11) is -3.30. The predicted molar refractivity (Wildman–Crippen MR) is 79.5 cm³/mol. The number of nitrogens with zero attached hydrogens (tertiary/aromatic N) is 2. The molecule has 0 aliphatic carbocycles. The zero-order chi connectivity index (χ0) is 14.5. The minimum Gasteiger partial charge on any atom is -0.316 e. The number of hydrogen-bond donors (Lipinski definition) is 1. The van der Waals surface area contributed by atoms with Crippen molar-refractivity contribution in [2.75, 3.05) is 32.7 Å². The molecule has 2 atom stereocenters. The van der Waals surface area contributed by atoms with Crippen molar-refractivity contribution < 1.29 is 8.42 Å². The van der Waals surface area contributed by atoms with E-state index in [0.717, 1.165) is 25.9 Å². The lowest BCUT2D eigenvalue weighted by molar-refractivity contribution is 0.204. The van der Waals surface area contributed by atoms with Crippen molar-refractivity contribution in [2.45, 2.75) is 39.2 Å². The van der Waals surface area contributed by atoms with Crippen molar-refractivity contribution in [1.82, 2.24) is 13.9 Å². The fourth-order valence-corrected chi connectivity index (χ4v) is 6.19. The first-order chi connectivity index (χ1) is 9.33. The van der Waals surface area contributed by atoms with Gasteiger partial charge in [-0.2, -0.15) is 17.0 Å². The number of fused-ring (bicyclic) bond motifs is 1. The summed E-state index contributed by atoms with van der Waals surface area (Å²) in [6.45, 7) is 10.3. The molecule has 3 heterocycles. The molecule has 0 spiro atoms. The van der Waals surface area contributed by atoms with E-state index in [-0.39, 0.29) is 5.54 Å². The van der Waals surface area contributed by atoms with Gasteiger partial charge >= 0.3 is 0 Å². The number of rotatable bonds is 2. The van der Waals surface area contributed by atoms with Gasteiger partial charge in [0.1, 0.15) is 0 Å². The summed E-state index contributed by atoms with van der Waals surface area (Å²) in [5.41, 5.74) is -0.268. The molecule has 6 heteroatoms. The quantitative estimate of drug-likeness (QED) is 0.824. The molecule has 1 N–H and O–H groups in total. The van der Waals surface area contributed by atoms with E-state index in [2.05, 4.69) is 26.1 Å². The Kier molecular flexibility index (Phi) is 3.64. The van der Waals surface area contributed by atoms with Gasteiger partial charge < -0.3 is 5.32 Å². The highest BCUT2D eigenvalue weighted by atomic mass is 32.2. The molecule has 3 rings (SSSR count). The van der Waals surface area contributed by atoms with Gasteiger partial charge in [-0.05, 0) is 51.0 Å². The van der Waals surface area contributed by atoms with Gasteiger partial charge in [0.05, 0.1) is 0 Å². The average Bonchev–Trinajstić information content (AvgIpc) is 2.93. The van der Waals surface area contributed by atoms with Crippen LogP contribution in [0.25, 0.3) is 0 Å². The first-order valence-corrected chi connectivity index (χ1v) is 9.22. The molecule has 2 unspecified atom stereocenters. The normalized spacial score (nSPS) is 36.4. The Labute approximate surface area is 122 Å². The van der Waals surface area contributed by atoms with Crippen LogP contribution in [0.4, 0.5) is 0 Å². The number of nitrogens with one attached hydrogen (secondary N) is 1. The highest BCUT2D eigenvalue weighted by Crippen LogP contribution is 2.43. The summed E-state index contributed by atoms with van der Waals surface area (Å²) in [6.07, 6.45) is 1.98. The van der Waals surface area contributed by atoms with Crippen molar-refractivity contribution in [1.29, 1.82) is 0 Å². The van der Waals surface area contributed by atoms with Gasteiger partial charge in [-0.25, -0.2) is 0 Å². The lowest BCUT2D eigenvalue weighted by Crippen LogP contribution is -2.54. The summed E-state index contributed by atoms with van der Waals surface area (Å²) in [4.78, 5) is 0. The van der Waals surface area contributed by atoms with Gasteiger partial charge in [0, 0.05) is 31.7 Å². The van der Waals surface area contributed by atoms with Crippen molar-refractivity contribution >= 4 is 10.2 Å². The molecular formula is C14H27N3O2S. The zero-order valence-electron chi connectivity index (χ0n) is 12.8. The van der Waals surface area contributed by atoms with E-state index in [9.17, 15) is 8.42 Å². The van der Waals surface area contributed by atoms with Crippen molar-refractivity contribution in [2.24, 2.45) is 17.8 Å². The lowest BCUT2D eigenvalue weighted by Gasteiger charge is -2.39. The van der Waals surface area contributed by atoms with Crippen LogP contribution in [-0.4, -0.2) is 55.3 Å². The molecule has 3 saturated heterocycles. The van der Waals surface area contributed by atoms with Crippen LogP contribution in [0.1, 0.15) is 33.6 Å². The second-order valence-electron chi connectivity index (χ2n) is 7.30. The monoisotopic (exact) mass is 301 g/mol. The van der Waals surface area contributed by atoms with E-state index in [1.165, 1.54) is 0 Å². The molecule has 0 saturated carbocycles. The van der Waals surface area contributed by atoms with Gasteiger partial charge in [0.25, 0.3) is 10.2 Å². The van der Waals surface area contributed by atoms with Crippen molar-refractivity contribution in [3.05, 3.63) is 0 Å². The van der Waals surface area contributed by atoms with Gasteiger partial charge in [0.15, 0.2) is 0 Å². The predicted octanol–water partition coefficient (Wildman–Crippen LogP) is 0.893. The minimum absolute atomic E-state index is 0.268. The maximum Gasteiger partial charge on any atom is 0.282 e. The van der Waals surface area contributed by atoms with E-state index in [1.807, 2.05) is 0 Å². The van der Waals surface area contributed by atoms with E-state index >= 15 is 0 Å². The Morgan fingerprint density at radius 3 is 2.40 bits per heavy atom. The van der Waals surface area contributed by atoms with E-state index in [0.29, 0.717) is 37.4 Å². The SMILES string of the molecule is CC1CCN(S(=O)(=O)N2CC3CNCC3C2(C)C)CC1. The summed E-state index contributed by atoms with van der Waals surface area (Å²) in [6, 6.07) is 0. The molecule has 0 radical (unpaired) electrons. The van der Waals surface area contributed by atoms with Crippen molar-refractivity contribution in [3.8, 4) is 0 Å².